The van der Waals surface area contributed by atoms with E-state index in [9.17, 15) is 45.6 Å². The summed E-state index contributed by atoms with van der Waals surface area (Å²) >= 11 is 0. The van der Waals surface area contributed by atoms with Crippen molar-refractivity contribution < 1.29 is 69.0 Å². The minimum atomic E-state index is -1.88. The maximum atomic E-state index is 14.1. The second kappa shape index (κ2) is 14.4. The molecule has 0 saturated carbocycles. The van der Waals surface area contributed by atoms with Gasteiger partial charge in [-0.15, -0.1) is 0 Å². The van der Waals surface area contributed by atoms with E-state index in [0.717, 1.165) is 11.6 Å². The summed E-state index contributed by atoms with van der Waals surface area (Å²) in [7, 11) is 1.48. The summed E-state index contributed by atoms with van der Waals surface area (Å²) in [6.07, 6.45) is -14.0. The molecular formula is C33H40O15. The summed E-state index contributed by atoms with van der Waals surface area (Å²) in [4.78, 5) is 14.1. The number of benzene rings is 2. The van der Waals surface area contributed by atoms with Crippen molar-refractivity contribution in [1.29, 1.82) is 0 Å². The predicted molar refractivity (Wildman–Crippen MR) is 167 cm³/mol. The molecule has 15 heteroatoms. The van der Waals surface area contributed by atoms with Gasteiger partial charge in [-0.25, -0.2) is 0 Å². The summed E-state index contributed by atoms with van der Waals surface area (Å²) in [5.41, 5.74) is 0.519. The van der Waals surface area contributed by atoms with Gasteiger partial charge in [0, 0.05) is 17.2 Å². The van der Waals surface area contributed by atoms with Gasteiger partial charge in [0.25, 0.3) is 0 Å². The number of allylic oxidation sites excluding steroid dienone is 2. The summed E-state index contributed by atoms with van der Waals surface area (Å²) in [5.74, 6) is -1.02. The fraction of sp³-hybridized carbons (Fsp3) is 0.485. The first-order valence-corrected chi connectivity index (χ1v) is 15.2. The predicted octanol–water partition coefficient (Wildman–Crippen LogP) is 0.419. The van der Waals surface area contributed by atoms with Crippen LogP contribution in [0.2, 0.25) is 0 Å². The molecule has 2 aliphatic heterocycles. The molecule has 0 spiro atoms. The molecule has 48 heavy (non-hydrogen) atoms. The van der Waals surface area contributed by atoms with E-state index in [0.29, 0.717) is 11.3 Å². The number of hydrogen-bond acceptors (Lipinski definition) is 15. The van der Waals surface area contributed by atoms with Crippen LogP contribution in [0.15, 0.2) is 51.2 Å². The molecule has 2 aliphatic rings. The Morgan fingerprint density at radius 1 is 0.896 bits per heavy atom. The van der Waals surface area contributed by atoms with E-state index >= 15 is 0 Å². The van der Waals surface area contributed by atoms with Crippen LogP contribution in [-0.2, 0) is 20.6 Å². The Kier molecular flexibility index (Phi) is 10.6. The number of rotatable bonds is 9. The van der Waals surface area contributed by atoms with E-state index in [1.807, 2.05) is 13.8 Å². The summed E-state index contributed by atoms with van der Waals surface area (Å²) in [5, 5.41) is 83.5. The van der Waals surface area contributed by atoms with Crippen LogP contribution in [0, 0.1) is 0 Å². The zero-order chi connectivity index (χ0) is 35.0. The maximum Gasteiger partial charge on any atom is 0.239 e. The van der Waals surface area contributed by atoms with Crippen LogP contribution in [0.1, 0.15) is 26.3 Å². The number of phenols is 2. The molecule has 0 bridgehead atoms. The Morgan fingerprint density at radius 3 is 2.19 bits per heavy atom. The number of aliphatic hydroxyl groups is 6. The number of methoxy groups -OCH3 is 1. The van der Waals surface area contributed by atoms with Crippen molar-refractivity contribution in [2.24, 2.45) is 0 Å². The SMILES string of the molecule is COc1ccc(-c2oc3c(CC=C(C)C)c(O)cc(O)c3c(=O)c2OC2OC(C)C(OC3OC(CO)C(O)C(O)C3O)C(O)C2O)cc1. The van der Waals surface area contributed by atoms with Gasteiger partial charge in [-0.05, 0) is 51.5 Å². The standard InChI is InChI=1S/C33H40O15/c1-13(2)5-10-17-18(35)11-19(36)21-23(38)31(29(46-30(17)21)15-6-8-16(43-4)9-7-15)48-32-27(42)25(40)28(14(3)44-32)47-33-26(41)24(39)22(37)20(12-34)45-33/h5-9,11,14,20,22,24-28,32-37,39-42H,10,12H2,1-4H3. The Morgan fingerprint density at radius 2 is 1.56 bits per heavy atom. The molecule has 8 N–H and O–H groups in total. The summed E-state index contributed by atoms with van der Waals surface area (Å²) in [6.45, 7) is 4.44. The summed E-state index contributed by atoms with van der Waals surface area (Å²) < 4.78 is 34.3. The van der Waals surface area contributed by atoms with Crippen molar-refractivity contribution in [2.45, 2.75) is 88.6 Å². The van der Waals surface area contributed by atoms with Gasteiger partial charge in [-0.2, -0.15) is 0 Å². The van der Waals surface area contributed by atoms with E-state index in [2.05, 4.69) is 0 Å². The second-order valence-electron chi connectivity index (χ2n) is 12.0. The highest BCUT2D eigenvalue weighted by Gasteiger charge is 2.50. The number of ether oxygens (including phenoxy) is 5. The van der Waals surface area contributed by atoms with Gasteiger partial charge < -0.3 is 69.0 Å². The van der Waals surface area contributed by atoms with Gasteiger partial charge in [0.15, 0.2) is 12.1 Å². The molecule has 3 aromatic rings. The first-order valence-electron chi connectivity index (χ1n) is 15.2. The molecule has 1 aromatic heterocycles. The average Bonchev–Trinajstić information content (AvgIpc) is 3.05. The molecule has 10 atom stereocenters. The van der Waals surface area contributed by atoms with Gasteiger partial charge in [-0.3, -0.25) is 4.79 Å². The lowest BCUT2D eigenvalue weighted by molar-refractivity contribution is -0.348. The largest absolute Gasteiger partial charge is 0.507 e. The summed E-state index contributed by atoms with van der Waals surface area (Å²) in [6, 6.07) is 7.38. The normalized spacial score (nSPS) is 30.6. The van der Waals surface area contributed by atoms with Crippen molar-refractivity contribution >= 4 is 11.0 Å². The molecule has 0 radical (unpaired) electrons. The third-order valence-corrected chi connectivity index (χ3v) is 8.40. The number of phenolic OH excluding ortho intramolecular Hbond substituents is 2. The van der Waals surface area contributed by atoms with Crippen molar-refractivity contribution in [3.8, 4) is 34.3 Å². The minimum Gasteiger partial charge on any atom is -0.507 e. The molecule has 15 nitrogen and oxygen atoms in total. The number of fused-ring (bicyclic) bond motifs is 1. The highest BCUT2D eigenvalue weighted by Crippen LogP contribution is 2.40. The van der Waals surface area contributed by atoms with E-state index in [1.165, 1.54) is 14.0 Å². The lowest BCUT2D eigenvalue weighted by atomic mass is 9.97. The van der Waals surface area contributed by atoms with Crippen molar-refractivity contribution in [1.82, 2.24) is 0 Å². The quantitative estimate of drug-likeness (QED) is 0.143. The molecule has 262 valence electrons. The molecule has 3 heterocycles. The van der Waals surface area contributed by atoms with E-state index in [4.69, 9.17) is 28.1 Å². The lowest BCUT2D eigenvalue weighted by Gasteiger charge is -2.45. The molecule has 10 unspecified atom stereocenters. The van der Waals surface area contributed by atoms with Crippen LogP contribution in [0.5, 0.6) is 23.0 Å². The molecule has 2 aromatic carbocycles. The van der Waals surface area contributed by atoms with Gasteiger partial charge in [0.1, 0.15) is 70.9 Å². The molecule has 2 fully saturated rings. The van der Waals surface area contributed by atoms with Crippen LogP contribution in [-0.4, -0.2) is 116 Å². The molecule has 2 saturated heterocycles. The molecule has 0 amide bonds. The lowest BCUT2D eigenvalue weighted by Crippen LogP contribution is -2.64. The second-order valence-corrected chi connectivity index (χ2v) is 12.0. The Labute approximate surface area is 274 Å². The van der Waals surface area contributed by atoms with Crippen LogP contribution >= 0.6 is 0 Å². The Bertz CT molecular complexity index is 1680. The van der Waals surface area contributed by atoms with E-state index in [-0.39, 0.29) is 34.5 Å². The smallest absolute Gasteiger partial charge is 0.239 e. The Balaban J connectivity index is 1.52. The molecular weight excluding hydrogens is 636 g/mol. The van der Waals surface area contributed by atoms with Gasteiger partial charge in [0.05, 0.1) is 19.8 Å². The average molecular weight is 677 g/mol. The van der Waals surface area contributed by atoms with Crippen molar-refractivity contribution in [2.75, 3.05) is 13.7 Å². The number of aliphatic hydroxyl groups excluding tert-OH is 6. The topological polar surface area (TPSA) is 238 Å². The maximum absolute atomic E-state index is 14.1. The third-order valence-electron chi connectivity index (χ3n) is 8.40. The van der Waals surface area contributed by atoms with E-state index < -0.39 is 84.9 Å². The highest BCUT2D eigenvalue weighted by molar-refractivity contribution is 5.91. The van der Waals surface area contributed by atoms with Gasteiger partial charge in [0.2, 0.25) is 17.5 Å². The van der Waals surface area contributed by atoms with Crippen LogP contribution in [0.4, 0.5) is 0 Å². The zero-order valence-electron chi connectivity index (χ0n) is 26.6. The van der Waals surface area contributed by atoms with Gasteiger partial charge >= 0.3 is 0 Å². The van der Waals surface area contributed by atoms with Crippen LogP contribution in [0.3, 0.4) is 0 Å². The minimum absolute atomic E-state index is 0.0975. The van der Waals surface area contributed by atoms with Crippen LogP contribution < -0.4 is 14.9 Å². The van der Waals surface area contributed by atoms with Crippen molar-refractivity contribution in [3.05, 3.63) is 57.8 Å². The molecule has 0 aliphatic carbocycles. The third kappa shape index (κ3) is 6.74. The number of hydrogen-bond donors (Lipinski definition) is 8. The first kappa shape index (κ1) is 35.5. The fourth-order valence-corrected chi connectivity index (χ4v) is 5.65. The van der Waals surface area contributed by atoms with Gasteiger partial charge in [-0.1, -0.05) is 11.6 Å². The van der Waals surface area contributed by atoms with Crippen molar-refractivity contribution in [3.63, 3.8) is 0 Å². The Hall–Kier alpha value is -3.77. The highest BCUT2D eigenvalue weighted by atomic mass is 16.7. The fourth-order valence-electron chi connectivity index (χ4n) is 5.65. The zero-order valence-corrected chi connectivity index (χ0v) is 26.6. The number of aromatic hydroxyl groups is 2. The monoisotopic (exact) mass is 676 g/mol. The van der Waals surface area contributed by atoms with Crippen LogP contribution in [0.25, 0.3) is 22.3 Å². The van der Waals surface area contributed by atoms with E-state index in [1.54, 1.807) is 30.3 Å². The molecule has 5 rings (SSSR count). The first-order chi connectivity index (χ1) is 22.8.